The van der Waals surface area contributed by atoms with Gasteiger partial charge in [-0.15, -0.1) is 26.6 Å². The molecule has 140 valence electrons. The molecule has 10 heteroatoms. The van der Waals surface area contributed by atoms with E-state index >= 15 is 0 Å². The third-order valence-electron chi connectivity index (χ3n) is 2.59. The minimum atomic E-state index is 0. The summed E-state index contributed by atoms with van der Waals surface area (Å²) in [7, 11) is 1.80. The summed E-state index contributed by atoms with van der Waals surface area (Å²) in [5, 5.41) is 18.9. The van der Waals surface area contributed by atoms with Gasteiger partial charge < -0.3 is 10.8 Å². The second-order valence-electron chi connectivity index (χ2n) is 5.14. The summed E-state index contributed by atoms with van der Waals surface area (Å²) in [6.45, 7) is 15.5. The fraction of sp³-hybridized carbons (Fsp3) is 0.562. The van der Waals surface area contributed by atoms with Crippen LogP contribution in [0.3, 0.4) is 0 Å². The molecule has 0 amide bonds. The molecule has 0 saturated heterocycles. The summed E-state index contributed by atoms with van der Waals surface area (Å²) < 4.78 is 6.47. The molecule has 0 atom stereocenters. The van der Waals surface area contributed by atoms with Crippen molar-refractivity contribution in [1.29, 1.82) is 0 Å². The van der Waals surface area contributed by atoms with Crippen molar-refractivity contribution in [3.63, 3.8) is 0 Å². The fourth-order valence-corrected chi connectivity index (χ4v) is 2.12. The Morgan fingerprint density at radius 2 is 1.42 bits per heavy atom. The standard InChI is InChI=1S/C6H9NS.C4H6N2O.C3H6N4.C3H7.K/c1-4-5(2)8-6(3)7-4;1-3-5-6-4(2)7-3;1-3-4-5-6-7(3)2;1-3-2;/h1-3H3;2*1-2H3;3H,1-2H3;/q;;;-1;+1. The fourth-order valence-electron chi connectivity index (χ4n) is 1.30. The van der Waals surface area contributed by atoms with Crippen LogP contribution in [0.25, 0.3) is 0 Å². The summed E-state index contributed by atoms with van der Waals surface area (Å²) in [6, 6.07) is 0. The van der Waals surface area contributed by atoms with Gasteiger partial charge >= 0.3 is 51.4 Å². The van der Waals surface area contributed by atoms with Gasteiger partial charge in [-0.05, 0) is 38.1 Å². The predicted octanol–water partition coefficient (Wildman–Crippen LogP) is 0.508. The maximum atomic E-state index is 4.86. The van der Waals surface area contributed by atoms with Crippen LogP contribution in [0, 0.1) is 48.0 Å². The number of aromatic nitrogens is 7. The normalized spacial score (nSPS) is 8.81. The van der Waals surface area contributed by atoms with E-state index in [0.29, 0.717) is 11.8 Å². The molecule has 3 aromatic rings. The molecule has 0 aliphatic heterocycles. The molecule has 0 unspecified atom stereocenters. The van der Waals surface area contributed by atoms with Crippen LogP contribution in [0.5, 0.6) is 0 Å². The molecule has 0 saturated carbocycles. The molecule has 26 heavy (non-hydrogen) atoms. The van der Waals surface area contributed by atoms with Crippen molar-refractivity contribution in [2.24, 2.45) is 7.05 Å². The molecule has 3 heterocycles. The van der Waals surface area contributed by atoms with Crippen molar-refractivity contribution < 1.29 is 55.8 Å². The van der Waals surface area contributed by atoms with Gasteiger partial charge in [-0.25, -0.2) is 9.67 Å². The molecular formula is C16H28KN7OS. The quantitative estimate of drug-likeness (QED) is 0.397. The third-order valence-corrected chi connectivity index (χ3v) is 3.58. The van der Waals surface area contributed by atoms with Crippen molar-refractivity contribution >= 4 is 11.3 Å². The first kappa shape index (κ1) is 27.7. The van der Waals surface area contributed by atoms with Crippen LogP contribution in [0.1, 0.15) is 47.0 Å². The average molecular weight is 406 g/mol. The molecule has 8 nitrogen and oxygen atoms in total. The molecule has 0 aromatic carbocycles. The van der Waals surface area contributed by atoms with Crippen LogP contribution >= 0.6 is 11.3 Å². The van der Waals surface area contributed by atoms with Crippen LogP contribution < -0.4 is 51.4 Å². The van der Waals surface area contributed by atoms with E-state index in [-0.39, 0.29) is 51.4 Å². The number of rotatable bonds is 0. The Morgan fingerprint density at radius 1 is 0.923 bits per heavy atom. The van der Waals surface area contributed by atoms with E-state index in [1.54, 1.807) is 36.9 Å². The van der Waals surface area contributed by atoms with Crippen LogP contribution in [0.15, 0.2) is 4.42 Å². The van der Waals surface area contributed by atoms with E-state index in [2.05, 4.69) is 37.6 Å². The maximum absolute atomic E-state index is 4.86. The van der Waals surface area contributed by atoms with Gasteiger partial charge in [0, 0.05) is 25.8 Å². The molecule has 0 spiro atoms. The van der Waals surface area contributed by atoms with Gasteiger partial charge in [0.2, 0.25) is 11.8 Å². The zero-order valence-electron chi connectivity index (χ0n) is 17.5. The second-order valence-corrected chi connectivity index (χ2v) is 6.55. The number of hydrogen-bond donors (Lipinski definition) is 0. The maximum Gasteiger partial charge on any atom is 1.00 e. The SMILES string of the molecule is C[CH-]C.Cc1nc(C)c(C)s1.Cc1nnc(C)o1.Cc1nnnn1C.[K+]. The summed E-state index contributed by atoms with van der Waals surface area (Å²) in [6.07, 6.45) is 2.00. The van der Waals surface area contributed by atoms with E-state index < -0.39 is 0 Å². The molecule has 0 bridgehead atoms. The zero-order chi connectivity index (χ0) is 19.4. The van der Waals surface area contributed by atoms with Crippen molar-refractivity contribution in [3.8, 4) is 0 Å². The largest absolute Gasteiger partial charge is 1.00 e. The van der Waals surface area contributed by atoms with E-state index in [0.717, 1.165) is 5.82 Å². The van der Waals surface area contributed by atoms with Crippen LogP contribution in [0.4, 0.5) is 0 Å². The van der Waals surface area contributed by atoms with Gasteiger partial charge in [0.25, 0.3) is 0 Å². The Labute approximate surface area is 202 Å². The number of thiazole rings is 1. The molecule has 3 rings (SSSR count). The van der Waals surface area contributed by atoms with Gasteiger partial charge in [0.15, 0.2) is 0 Å². The molecule has 0 N–H and O–H groups in total. The Morgan fingerprint density at radius 3 is 1.54 bits per heavy atom. The molecule has 3 aromatic heterocycles. The van der Waals surface area contributed by atoms with Crippen molar-refractivity contribution in [1.82, 2.24) is 35.4 Å². The van der Waals surface area contributed by atoms with Gasteiger partial charge in [0.05, 0.1) is 10.7 Å². The molecule has 0 aliphatic rings. The van der Waals surface area contributed by atoms with Gasteiger partial charge in [-0.1, -0.05) is 0 Å². The zero-order valence-corrected chi connectivity index (χ0v) is 21.5. The summed E-state index contributed by atoms with van der Waals surface area (Å²) in [5.74, 6) is 2.08. The Bertz CT molecular complexity index is 671. The van der Waals surface area contributed by atoms with Gasteiger partial charge in [0.1, 0.15) is 5.82 Å². The van der Waals surface area contributed by atoms with Gasteiger partial charge in [-0.2, -0.15) is 13.8 Å². The minimum Gasteiger partial charge on any atom is -0.426 e. The third kappa shape index (κ3) is 12.8. The second kappa shape index (κ2) is 15.5. The summed E-state index contributed by atoms with van der Waals surface area (Å²) in [4.78, 5) is 5.56. The smallest absolute Gasteiger partial charge is 0.426 e. The van der Waals surface area contributed by atoms with Crippen molar-refractivity contribution in [2.75, 3.05) is 0 Å². The monoisotopic (exact) mass is 405 g/mol. The van der Waals surface area contributed by atoms with Crippen LogP contribution in [-0.2, 0) is 7.05 Å². The number of nitrogens with zero attached hydrogens (tertiary/aromatic N) is 7. The minimum absolute atomic E-state index is 0. The Kier molecular flexibility index (Phi) is 16.5. The van der Waals surface area contributed by atoms with E-state index in [1.165, 1.54) is 15.6 Å². The topological polar surface area (TPSA) is 95.4 Å². The van der Waals surface area contributed by atoms with E-state index in [9.17, 15) is 0 Å². The number of hydrogen-bond acceptors (Lipinski definition) is 8. The van der Waals surface area contributed by atoms with Crippen molar-refractivity contribution in [3.05, 3.63) is 39.6 Å². The van der Waals surface area contributed by atoms with Crippen LogP contribution in [-0.4, -0.2) is 35.4 Å². The molecule has 0 radical (unpaired) electrons. The molecule has 0 aliphatic carbocycles. The predicted molar refractivity (Wildman–Crippen MR) is 99.3 cm³/mol. The first-order valence-electron chi connectivity index (χ1n) is 7.81. The Hall–Kier alpha value is -0.524. The molecule has 0 fully saturated rings. The number of aryl methyl sites for hydroxylation is 7. The first-order chi connectivity index (χ1) is 11.7. The van der Waals surface area contributed by atoms with Gasteiger partial charge in [-0.3, -0.25) is 0 Å². The average Bonchev–Trinajstić information content (AvgIpc) is 3.17. The molecular weight excluding hydrogens is 377 g/mol. The Balaban J connectivity index is 0. The van der Waals surface area contributed by atoms with Crippen LogP contribution in [0.2, 0.25) is 0 Å². The van der Waals surface area contributed by atoms with E-state index in [4.69, 9.17) is 4.42 Å². The van der Waals surface area contributed by atoms with Crippen molar-refractivity contribution in [2.45, 2.75) is 55.4 Å². The first-order valence-corrected chi connectivity index (χ1v) is 8.63. The number of tetrazole rings is 1. The summed E-state index contributed by atoms with van der Waals surface area (Å²) in [5.41, 5.74) is 1.17. The summed E-state index contributed by atoms with van der Waals surface area (Å²) >= 11 is 1.76. The van der Waals surface area contributed by atoms with E-state index in [1.807, 2.05) is 41.0 Å².